The highest BCUT2D eigenvalue weighted by Crippen LogP contribution is 2.31. The zero-order chi connectivity index (χ0) is 24.1. The highest BCUT2D eigenvalue weighted by molar-refractivity contribution is 6.32. The predicted molar refractivity (Wildman–Crippen MR) is 130 cm³/mol. The van der Waals surface area contributed by atoms with E-state index in [0.717, 1.165) is 38.8 Å². The fraction of sp³-hybridized carbons (Fsp3) is 0.500. The van der Waals surface area contributed by atoms with Crippen LogP contribution in [0.4, 0.5) is 11.6 Å². The van der Waals surface area contributed by atoms with Crippen LogP contribution in [0.1, 0.15) is 39.0 Å². The standard InChI is InChI=1S/C24H30ClN5O4/c1-16(31)30-12-4-3-5-20(30)23(32)27-17-6-7-21(19(25)15-17)34-18-9-13-29(14-10-18)24-26-11-8-22(28-24)33-2/h6-8,11,15,18,20H,3-5,9-10,12-14H2,1-2H3,(H,27,32). The number of anilines is 2. The summed E-state index contributed by atoms with van der Waals surface area (Å²) in [5, 5.41) is 3.33. The van der Waals surface area contributed by atoms with E-state index in [1.807, 2.05) is 0 Å². The lowest BCUT2D eigenvalue weighted by atomic mass is 10.0. The van der Waals surface area contributed by atoms with Gasteiger partial charge >= 0.3 is 0 Å². The van der Waals surface area contributed by atoms with E-state index >= 15 is 0 Å². The van der Waals surface area contributed by atoms with E-state index in [1.165, 1.54) is 6.92 Å². The number of nitrogens with one attached hydrogen (secondary N) is 1. The van der Waals surface area contributed by atoms with Crippen molar-refractivity contribution in [3.8, 4) is 11.6 Å². The third kappa shape index (κ3) is 5.70. The van der Waals surface area contributed by atoms with Crippen molar-refractivity contribution >= 4 is 35.1 Å². The summed E-state index contributed by atoms with van der Waals surface area (Å²) in [6.45, 7) is 3.64. The zero-order valence-electron chi connectivity index (χ0n) is 19.5. The van der Waals surface area contributed by atoms with Gasteiger partial charge in [-0.1, -0.05) is 11.6 Å². The van der Waals surface area contributed by atoms with E-state index in [1.54, 1.807) is 42.5 Å². The first-order chi connectivity index (χ1) is 16.4. The van der Waals surface area contributed by atoms with Crippen molar-refractivity contribution in [2.24, 2.45) is 0 Å². The summed E-state index contributed by atoms with van der Waals surface area (Å²) < 4.78 is 11.3. The molecule has 0 aliphatic carbocycles. The Balaban J connectivity index is 1.32. The number of nitrogens with zero attached hydrogens (tertiary/aromatic N) is 4. The lowest BCUT2D eigenvalue weighted by molar-refractivity contribution is -0.138. The van der Waals surface area contributed by atoms with Crippen LogP contribution < -0.4 is 19.7 Å². The smallest absolute Gasteiger partial charge is 0.247 e. The molecular weight excluding hydrogens is 458 g/mol. The molecule has 0 saturated carbocycles. The van der Waals surface area contributed by atoms with Crippen LogP contribution in [0, 0.1) is 0 Å². The van der Waals surface area contributed by atoms with E-state index < -0.39 is 6.04 Å². The molecule has 0 radical (unpaired) electrons. The van der Waals surface area contributed by atoms with E-state index in [2.05, 4.69) is 20.2 Å². The second-order valence-electron chi connectivity index (χ2n) is 8.56. The van der Waals surface area contributed by atoms with Gasteiger partial charge in [-0.15, -0.1) is 0 Å². The first-order valence-electron chi connectivity index (χ1n) is 11.6. The minimum atomic E-state index is -0.445. The molecule has 34 heavy (non-hydrogen) atoms. The van der Waals surface area contributed by atoms with E-state index in [0.29, 0.717) is 41.3 Å². The Bertz CT molecular complexity index is 1030. The van der Waals surface area contributed by atoms with Gasteiger partial charge in [-0.25, -0.2) is 4.98 Å². The topological polar surface area (TPSA) is 96.9 Å². The largest absolute Gasteiger partial charge is 0.489 e. The van der Waals surface area contributed by atoms with Crippen molar-refractivity contribution in [3.63, 3.8) is 0 Å². The number of benzene rings is 1. The summed E-state index contributed by atoms with van der Waals surface area (Å²) in [4.78, 5) is 37.1. The number of carbonyl (C=O) groups excluding carboxylic acids is 2. The van der Waals surface area contributed by atoms with E-state index in [-0.39, 0.29) is 17.9 Å². The van der Waals surface area contributed by atoms with Gasteiger partial charge < -0.3 is 24.6 Å². The van der Waals surface area contributed by atoms with Gasteiger partial charge in [-0.05, 0) is 37.5 Å². The van der Waals surface area contributed by atoms with E-state index in [4.69, 9.17) is 21.1 Å². The zero-order valence-corrected chi connectivity index (χ0v) is 20.3. The number of amides is 2. The number of piperidine rings is 2. The van der Waals surface area contributed by atoms with Crippen LogP contribution in [0.3, 0.4) is 0 Å². The first-order valence-corrected chi connectivity index (χ1v) is 12.0. The minimum Gasteiger partial charge on any atom is -0.489 e. The monoisotopic (exact) mass is 487 g/mol. The number of ether oxygens (including phenoxy) is 2. The number of likely N-dealkylation sites (tertiary alicyclic amines) is 1. The maximum Gasteiger partial charge on any atom is 0.247 e. The highest BCUT2D eigenvalue weighted by Gasteiger charge is 2.30. The fourth-order valence-corrected chi connectivity index (χ4v) is 4.66. The highest BCUT2D eigenvalue weighted by atomic mass is 35.5. The van der Waals surface area contributed by atoms with Crippen molar-refractivity contribution in [2.75, 3.05) is 37.0 Å². The van der Waals surface area contributed by atoms with Crippen LogP contribution in [0.25, 0.3) is 0 Å². The Morgan fingerprint density at radius 2 is 1.91 bits per heavy atom. The summed E-state index contributed by atoms with van der Waals surface area (Å²) >= 11 is 6.47. The van der Waals surface area contributed by atoms with Crippen molar-refractivity contribution < 1.29 is 19.1 Å². The van der Waals surface area contributed by atoms with Crippen LogP contribution in [0.2, 0.25) is 5.02 Å². The molecule has 2 amide bonds. The fourth-order valence-electron chi connectivity index (χ4n) is 4.43. The molecule has 1 atom stereocenters. The summed E-state index contributed by atoms with van der Waals surface area (Å²) in [7, 11) is 1.59. The van der Waals surface area contributed by atoms with Gasteiger partial charge in [0.1, 0.15) is 17.9 Å². The number of halogens is 1. The molecule has 10 heteroatoms. The summed E-state index contributed by atoms with van der Waals surface area (Å²) in [5.74, 6) is 1.51. The number of hydrogen-bond donors (Lipinski definition) is 1. The van der Waals surface area contributed by atoms with Crippen LogP contribution >= 0.6 is 11.6 Å². The summed E-state index contributed by atoms with van der Waals surface area (Å²) in [6.07, 6.45) is 5.84. The third-order valence-electron chi connectivity index (χ3n) is 6.25. The Morgan fingerprint density at radius 1 is 1.12 bits per heavy atom. The molecule has 2 fully saturated rings. The number of carbonyl (C=O) groups is 2. The van der Waals surface area contributed by atoms with Gasteiger partial charge in [-0.2, -0.15) is 4.98 Å². The lowest BCUT2D eigenvalue weighted by Gasteiger charge is -2.34. The first kappa shape index (κ1) is 24.1. The van der Waals surface area contributed by atoms with Crippen molar-refractivity contribution in [3.05, 3.63) is 35.5 Å². The van der Waals surface area contributed by atoms with Crippen molar-refractivity contribution in [2.45, 2.75) is 51.2 Å². The molecule has 0 spiro atoms. The average molecular weight is 488 g/mol. The Kier molecular flexibility index (Phi) is 7.72. The molecule has 1 aromatic heterocycles. The van der Waals surface area contributed by atoms with Gasteiger partial charge in [0.2, 0.25) is 23.6 Å². The molecule has 0 bridgehead atoms. The molecule has 182 valence electrons. The lowest BCUT2D eigenvalue weighted by Crippen LogP contribution is -2.49. The second-order valence-corrected chi connectivity index (χ2v) is 8.97. The molecular formula is C24H30ClN5O4. The summed E-state index contributed by atoms with van der Waals surface area (Å²) in [5.41, 5.74) is 0.585. The van der Waals surface area contributed by atoms with Crippen LogP contribution in [0.5, 0.6) is 11.6 Å². The van der Waals surface area contributed by atoms with E-state index in [9.17, 15) is 9.59 Å². The number of methoxy groups -OCH3 is 1. The molecule has 1 N–H and O–H groups in total. The molecule has 2 aliphatic heterocycles. The van der Waals surface area contributed by atoms with Crippen molar-refractivity contribution in [1.82, 2.24) is 14.9 Å². The summed E-state index contributed by atoms with van der Waals surface area (Å²) in [6, 6.07) is 6.52. The Labute approximate surface area is 204 Å². The molecule has 3 heterocycles. The van der Waals surface area contributed by atoms with Crippen LogP contribution in [0.15, 0.2) is 30.5 Å². The van der Waals surface area contributed by atoms with Gasteiger partial charge in [0.15, 0.2) is 0 Å². The number of hydrogen-bond acceptors (Lipinski definition) is 7. The normalized spacial score (nSPS) is 19.0. The molecule has 2 aromatic rings. The Morgan fingerprint density at radius 3 is 2.62 bits per heavy atom. The van der Waals surface area contributed by atoms with Gasteiger partial charge in [0.05, 0.1) is 12.1 Å². The molecule has 1 unspecified atom stereocenters. The Hall–Kier alpha value is -3.07. The molecule has 1 aromatic carbocycles. The quantitative estimate of drug-likeness (QED) is 0.665. The second kappa shape index (κ2) is 10.9. The molecule has 2 saturated heterocycles. The predicted octanol–water partition coefficient (Wildman–Crippen LogP) is 3.53. The van der Waals surface area contributed by atoms with Gasteiger partial charge in [0.25, 0.3) is 0 Å². The van der Waals surface area contributed by atoms with Gasteiger partial charge in [0, 0.05) is 57.4 Å². The SMILES string of the molecule is COc1ccnc(N2CCC(Oc3ccc(NC(=O)C4CCCCN4C(C)=O)cc3Cl)CC2)n1. The van der Waals surface area contributed by atoms with Crippen LogP contribution in [-0.2, 0) is 9.59 Å². The minimum absolute atomic E-state index is 0.0196. The van der Waals surface area contributed by atoms with Gasteiger partial charge in [-0.3, -0.25) is 9.59 Å². The molecule has 9 nitrogen and oxygen atoms in total. The van der Waals surface area contributed by atoms with Crippen molar-refractivity contribution in [1.29, 1.82) is 0 Å². The number of aromatic nitrogens is 2. The maximum absolute atomic E-state index is 12.8. The molecule has 2 aliphatic rings. The average Bonchev–Trinajstić information content (AvgIpc) is 2.86. The maximum atomic E-state index is 12.8. The van der Waals surface area contributed by atoms with Crippen LogP contribution in [-0.4, -0.2) is 65.6 Å². The molecule has 4 rings (SSSR count). The number of rotatable bonds is 6. The third-order valence-corrected chi connectivity index (χ3v) is 6.55.